The summed E-state index contributed by atoms with van der Waals surface area (Å²) in [6, 6.07) is 12.7. The lowest BCUT2D eigenvalue weighted by Crippen LogP contribution is -2.33. The number of nitrogens with zero attached hydrogens (tertiary/aromatic N) is 1. The molecule has 7 nitrogen and oxygen atoms in total. The van der Waals surface area contributed by atoms with E-state index in [2.05, 4.69) is 15.6 Å². The summed E-state index contributed by atoms with van der Waals surface area (Å²) < 4.78 is 11.5. The highest BCUT2D eigenvalue weighted by Gasteiger charge is 2.14. The zero-order valence-electron chi connectivity index (χ0n) is 19.4. The van der Waals surface area contributed by atoms with Gasteiger partial charge in [0.2, 0.25) is 5.91 Å². The normalized spacial score (nSPS) is 10.4. The van der Waals surface area contributed by atoms with Crippen molar-refractivity contribution in [3.63, 3.8) is 0 Å². The zero-order chi connectivity index (χ0) is 23.8. The Morgan fingerprint density at radius 3 is 2.27 bits per heavy atom. The Morgan fingerprint density at radius 2 is 1.61 bits per heavy atom. The second-order valence-electron chi connectivity index (χ2n) is 7.74. The number of aromatic nitrogens is 1. The Kier molecular flexibility index (Phi) is 8.02. The number of pyridine rings is 1. The van der Waals surface area contributed by atoms with Crippen LogP contribution in [-0.4, -0.2) is 29.9 Å². The summed E-state index contributed by atoms with van der Waals surface area (Å²) in [7, 11) is 0. The molecule has 2 amide bonds. The fraction of sp³-hybridized carbons (Fsp3) is 0.269. The Morgan fingerprint density at radius 1 is 0.909 bits per heavy atom. The Labute approximate surface area is 194 Å². The van der Waals surface area contributed by atoms with Gasteiger partial charge in [0.25, 0.3) is 5.91 Å². The van der Waals surface area contributed by atoms with Gasteiger partial charge in [-0.2, -0.15) is 0 Å². The van der Waals surface area contributed by atoms with Crippen molar-refractivity contribution in [1.29, 1.82) is 0 Å². The second-order valence-corrected chi connectivity index (χ2v) is 7.74. The summed E-state index contributed by atoms with van der Waals surface area (Å²) >= 11 is 0. The average Bonchev–Trinajstić information content (AvgIpc) is 2.80. The molecular formula is C26H29N3O4. The smallest absolute Gasteiger partial charge is 0.251 e. The van der Waals surface area contributed by atoms with Crippen LogP contribution in [0, 0.1) is 20.8 Å². The molecule has 0 atom stereocenters. The van der Waals surface area contributed by atoms with Crippen LogP contribution in [0.5, 0.6) is 11.5 Å². The first-order valence-electron chi connectivity index (χ1n) is 10.8. The van der Waals surface area contributed by atoms with E-state index in [-0.39, 0.29) is 18.4 Å². The zero-order valence-corrected chi connectivity index (χ0v) is 19.4. The molecule has 0 fully saturated rings. The topological polar surface area (TPSA) is 89.5 Å². The lowest BCUT2D eigenvalue weighted by Gasteiger charge is -2.14. The highest BCUT2D eigenvalue weighted by molar-refractivity contribution is 6.00. The molecule has 0 radical (unpaired) electrons. The fourth-order valence-electron chi connectivity index (χ4n) is 3.50. The standard InChI is InChI=1S/C26H29N3O4/c1-5-32-23-14-21(6-7-22(23)33-16-20-8-10-27-11-9-20)26(31)28-15-24(30)29-25-18(3)12-17(2)13-19(25)4/h6-14H,5,15-16H2,1-4H3,(H,28,31)(H,29,30). The Hall–Kier alpha value is -3.87. The van der Waals surface area contributed by atoms with Crippen molar-refractivity contribution >= 4 is 17.5 Å². The molecule has 172 valence electrons. The van der Waals surface area contributed by atoms with Gasteiger partial charge < -0.3 is 20.1 Å². The summed E-state index contributed by atoms with van der Waals surface area (Å²) in [4.78, 5) is 29.0. The number of aryl methyl sites for hydroxylation is 3. The number of rotatable bonds is 9. The minimum absolute atomic E-state index is 0.143. The van der Waals surface area contributed by atoms with Crippen LogP contribution < -0.4 is 20.1 Å². The number of benzene rings is 2. The molecule has 1 aromatic heterocycles. The third kappa shape index (κ3) is 6.55. The number of hydrogen-bond donors (Lipinski definition) is 2. The van der Waals surface area contributed by atoms with Gasteiger partial charge in [0.15, 0.2) is 11.5 Å². The molecule has 0 bridgehead atoms. The number of ether oxygens (including phenoxy) is 2. The molecule has 2 N–H and O–H groups in total. The first-order valence-corrected chi connectivity index (χ1v) is 10.8. The first kappa shape index (κ1) is 23.8. The summed E-state index contributed by atoms with van der Waals surface area (Å²) in [6.07, 6.45) is 3.40. The number of carbonyl (C=O) groups is 2. The molecule has 1 heterocycles. The van der Waals surface area contributed by atoms with Crippen LogP contribution in [0.4, 0.5) is 5.69 Å². The van der Waals surface area contributed by atoms with Crippen molar-refractivity contribution in [2.24, 2.45) is 0 Å². The van der Waals surface area contributed by atoms with E-state index in [1.54, 1.807) is 30.6 Å². The molecule has 2 aromatic carbocycles. The van der Waals surface area contributed by atoms with Gasteiger partial charge >= 0.3 is 0 Å². The minimum atomic E-state index is -0.371. The van der Waals surface area contributed by atoms with E-state index in [1.165, 1.54) is 0 Å². The van der Waals surface area contributed by atoms with Gasteiger partial charge in [-0.15, -0.1) is 0 Å². The van der Waals surface area contributed by atoms with Crippen molar-refractivity contribution in [2.45, 2.75) is 34.3 Å². The molecule has 3 aromatic rings. The quantitative estimate of drug-likeness (QED) is 0.509. The maximum atomic E-state index is 12.6. The van der Waals surface area contributed by atoms with Gasteiger partial charge in [-0.05, 0) is 74.7 Å². The van der Waals surface area contributed by atoms with Crippen molar-refractivity contribution in [3.8, 4) is 11.5 Å². The number of hydrogen-bond acceptors (Lipinski definition) is 5. The van der Waals surface area contributed by atoms with Crippen molar-refractivity contribution < 1.29 is 19.1 Å². The number of anilines is 1. The molecule has 0 aliphatic rings. The average molecular weight is 448 g/mol. The third-order valence-corrected chi connectivity index (χ3v) is 5.00. The van der Waals surface area contributed by atoms with Crippen molar-refractivity contribution in [2.75, 3.05) is 18.5 Å². The van der Waals surface area contributed by atoms with Gasteiger partial charge in [0.1, 0.15) is 6.61 Å². The largest absolute Gasteiger partial charge is 0.490 e. The fourth-order valence-corrected chi connectivity index (χ4v) is 3.50. The van der Waals surface area contributed by atoms with E-state index in [0.717, 1.165) is 27.9 Å². The second kappa shape index (κ2) is 11.1. The SMILES string of the molecule is CCOc1cc(C(=O)NCC(=O)Nc2c(C)cc(C)cc2C)ccc1OCc1ccncc1. The maximum absolute atomic E-state index is 12.6. The third-order valence-electron chi connectivity index (χ3n) is 5.00. The van der Waals surface area contributed by atoms with Crippen molar-refractivity contribution in [1.82, 2.24) is 10.3 Å². The van der Waals surface area contributed by atoms with E-state index >= 15 is 0 Å². The highest BCUT2D eigenvalue weighted by Crippen LogP contribution is 2.29. The molecule has 0 spiro atoms. The summed E-state index contributed by atoms with van der Waals surface area (Å²) in [5, 5.41) is 5.54. The predicted molar refractivity (Wildman–Crippen MR) is 128 cm³/mol. The molecule has 33 heavy (non-hydrogen) atoms. The maximum Gasteiger partial charge on any atom is 0.251 e. The molecule has 0 unspecified atom stereocenters. The van der Waals surface area contributed by atoms with E-state index in [9.17, 15) is 9.59 Å². The van der Waals surface area contributed by atoms with Gasteiger partial charge in [0, 0.05) is 23.6 Å². The molecule has 7 heteroatoms. The lowest BCUT2D eigenvalue weighted by molar-refractivity contribution is -0.115. The van der Waals surface area contributed by atoms with Gasteiger partial charge in [-0.25, -0.2) is 0 Å². The van der Waals surface area contributed by atoms with Crippen molar-refractivity contribution in [3.05, 3.63) is 82.7 Å². The van der Waals surface area contributed by atoms with Gasteiger partial charge in [-0.3, -0.25) is 14.6 Å². The van der Waals surface area contributed by atoms with Crippen LogP contribution in [0.15, 0.2) is 54.9 Å². The minimum Gasteiger partial charge on any atom is -0.490 e. The van der Waals surface area contributed by atoms with Crippen LogP contribution in [0.25, 0.3) is 0 Å². The predicted octanol–water partition coefficient (Wildman–Crippen LogP) is 4.35. The van der Waals surface area contributed by atoms with Crippen LogP contribution in [0.1, 0.15) is 39.5 Å². The number of nitrogens with one attached hydrogen (secondary N) is 2. The molecule has 0 saturated heterocycles. The van der Waals surface area contributed by atoms with E-state index < -0.39 is 0 Å². The molecular weight excluding hydrogens is 418 g/mol. The molecule has 0 aliphatic heterocycles. The van der Waals surface area contributed by atoms with Gasteiger partial charge in [-0.1, -0.05) is 17.7 Å². The first-order chi connectivity index (χ1) is 15.9. The molecule has 3 rings (SSSR count). The monoisotopic (exact) mass is 447 g/mol. The number of amides is 2. The van der Waals surface area contributed by atoms with Crippen LogP contribution in [-0.2, 0) is 11.4 Å². The van der Waals surface area contributed by atoms with Crippen LogP contribution in [0.2, 0.25) is 0 Å². The number of carbonyl (C=O) groups excluding carboxylic acids is 2. The molecule has 0 aliphatic carbocycles. The Balaban J connectivity index is 1.62. The van der Waals surface area contributed by atoms with Crippen LogP contribution in [0.3, 0.4) is 0 Å². The summed E-state index contributed by atoms with van der Waals surface area (Å²) in [5.74, 6) is 0.340. The van der Waals surface area contributed by atoms with Crippen LogP contribution >= 0.6 is 0 Å². The Bertz CT molecular complexity index is 1110. The lowest BCUT2D eigenvalue weighted by atomic mass is 10.1. The molecule has 0 saturated carbocycles. The van der Waals surface area contributed by atoms with E-state index in [0.29, 0.717) is 30.3 Å². The van der Waals surface area contributed by atoms with E-state index in [4.69, 9.17) is 9.47 Å². The van der Waals surface area contributed by atoms with E-state index in [1.807, 2.05) is 52.0 Å². The summed E-state index contributed by atoms with van der Waals surface area (Å²) in [6.45, 7) is 8.40. The van der Waals surface area contributed by atoms with Gasteiger partial charge in [0.05, 0.1) is 13.2 Å². The highest BCUT2D eigenvalue weighted by atomic mass is 16.5. The summed E-state index contributed by atoms with van der Waals surface area (Å²) in [5.41, 5.74) is 5.22.